The summed E-state index contributed by atoms with van der Waals surface area (Å²) >= 11 is 0. The highest BCUT2D eigenvalue weighted by atomic mass is 19.4. The van der Waals surface area contributed by atoms with Crippen molar-refractivity contribution in [2.45, 2.75) is 31.9 Å². The number of nitrogens with zero attached hydrogens (tertiary/aromatic N) is 2. The van der Waals surface area contributed by atoms with Crippen LogP contribution in [0, 0.1) is 6.92 Å². The van der Waals surface area contributed by atoms with Crippen LogP contribution in [0.15, 0.2) is 47.3 Å². The molecule has 0 radical (unpaired) electrons. The lowest BCUT2D eigenvalue weighted by Crippen LogP contribution is -2.39. The molecule has 3 aromatic rings. The van der Waals surface area contributed by atoms with Gasteiger partial charge in [-0.05, 0) is 50.1 Å². The van der Waals surface area contributed by atoms with Gasteiger partial charge >= 0.3 is 6.18 Å². The number of fused-ring (bicyclic) bond motifs is 1. The molecule has 156 valence electrons. The van der Waals surface area contributed by atoms with Crippen LogP contribution in [-0.2, 0) is 6.18 Å². The number of hydrogen-bond acceptors (Lipinski definition) is 3. The van der Waals surface area contributed by atoms with Crippen LogP contribution >= 0.6 is 0 Å². The van der Waals surface area contributed by atoms with E-state index in [1.807, 2.05) is 19.1 Å². The van der Waals surface area contributed by atoms with Gasteiger partial charge in [-0.15, -0.1) is 0 Å². The molecule has 1 aliphatic rings. The van der Waals surface area contributed by atoms with Gasteiger partial charge in [-0.3, -0.25) is 9.59 Å². The molecule has 0 spiro atoms. The third kappa shape index (κ3) is 3.94. The van der Waals surface area contributed by atoms with Crippen LogP contribution in [0.1, 0.15) is 46.1 Å². The third-order valence-electron chi connectivity index (χ3n) is 5.46. The largest absolute Gasteiger partial charge is 0.433 e. The van der Waals surface area contributed by atoms with E-state index >= 15 is 0 Å². The van der Waals surface area contributed by atoms with Crippen LogP contribution in [0.25, 0.3) is 10.9 Å². The first kappa shape index (κ1) is 20.1. The molecule has 1 atom stereocenters. The van der Waals surface area contributed by atoms with E-state index in [2.05, 4.69) is 9.97 Å². The highest BCUT2D eigenvalue weighted by molar-refractivity contribution is 5.94. The fourth-order valence-corrected chi connectivity index (χ4v) is 3.83. The van der Waals surface area contributed by atoms with Crippen molar-refractivity contribution in [3.8, 4) is 0 Å². The Labute approximate surface area is 170 Å². The monoisotopic (exact) mass is 415 g/mol. The highest BCUT2D eigenvalue weighted by Crippen LogP contribution is 2.30. The lowest BCUT2D eigenvalue weighted by Gasteiger charge is -2.33. The molecule has 1 saturated heterocycles. The number of rotatable bonds is 2. The van der Waals surface area contributed by atoms with Gasteiger partial charge < -0.3 is 9.88 Å². The normalized spacial score (nSPS) is 17.3. The lowest BCUT2D eigenvalue weighted by atomic mass is 9.93. The van der Waals surface area contributed by atoms with Gasteiger partial charge in [0.15, 0.2) is 0 Å². The number of alkyl halides is 3. The van der Waals surface area contributed by atoms with Crippen molar-refractivity contribution < 1.29 is 18.0 Å². The van der Waals surface area contributed by atoms with E-state index in [1.165, 1.54) is 6.07 Å². The number of aryl methyl sites for hydroxylation is 1. The van der Waals surface area contributed by atoms with Gasteiger partial charge in [0.1, 0.15) is 5.69 Å². The molecule has 0 aliphatic carbocycles. The van der Waals surface area contributed by atoms with E-state index in [-0.39, 0.29) is 22.7 Å². The van der Waals surface area contributed by atoms with Crippen molar-refractivity contribution in [2.75, 3.05) is 13.1 Å². The molecule has 2 aromatic heterocycles. The van der Waals surface area contributed by atoms with Crippen LogP contribution in [0.3, 0.4) is 0 Å². The number of carbonyl (C=O) groups is 1. The Kier molecular flexibility index (Phi) is 5.09. The Hall–Kier alpha value is -3.16. The SMILES string of the molecule is Cc1ccc(C(=O)N2CCC[C@H](c3cc4nc(C(F)(F)F)ccc4c(=O)[nH]3)C2)cc1. The first-order valence-corrected chi connectivity index (χ1v) is 9.69. The molecule has 8 heteroatoms. The van der Waals surface area contributed by atoms with Crippen LogP contribution in [0.5, 0.6) is 0 Å². The molecule has 1 aromatic carbocycles. The number of hydrogen-bond donors (Lipinski definition) is 1. The van der Waals surface area contributed by atoms with Crippen LogP contribution in [0.4, 0.5) is 13.2 Å². The number of aromatic nitrogens is 2. The summed E-state index contributed by atoms with van der Waals surface area (Å²) in [7, 11) is 0. The molecule has 4 rings (SSSR count). The quantitative estimate of drug-likeness (QED) is 0.680. The smallest absolute Gasteiger partial charge is 0.338 e. The Morgan fingerprint density at radius 1 is 1.17 bits per heavy atom. The van der Waals surface area contributed by atoms with Gasteiger partial charge in [0.05, 0.1) is 10.9 Å². The molecule has 1 amide bonds. The maximum absolute atomic E-state index is 13.0. The summed E-state index contributed by atoms with van der Waals surface area (Å²) in [6.07, 6.45) is -3.13. The van der Waals surface area contributed by atoms with Crippen LogP contribution in [0.2, 0.25) is 0 Å². The molecule has 0 bridgehead atoms. The van der Waals surface area contributed by atoms with Crippen molar-refractivity contribution in [1.82, 2.24) is 14.9 Å². The Balaban J connectivity index is 1.63. The number of nitrogens with one attached hydrogen (secondary N) is 1. The maximum atomic E-state index is 13.0. The van der Waals surface area contributed by atoms with Gasteiger partial charge in [-0.2, -0.15) is 13.2 Å². The van der Waals surface area contributed by atoms with Crippen molar-refractivity contribution in [2.24, 2.45) is 0 Å². The molecule has 5 nitrogen and oxygen atoms in total. The number of carbonyl (C=O) groups excluding carboxylic acids is 1. The van der Waals surface area contributed by atoms with E-state index in [9.17, 15) is 22.8 Å². The van der Waals surface area contributed by atoms with E-state index in [0.717, 1.165) is 30.5 Å². The lowest BCUT2D eigenvalue weighted by molar-refractivity contribution is -0.140. The van der Waals surface area contributed by atoms with Gasteiger partial charge in [0, 0.05) is 30.3 Å². The number of H-pyrrole nitrogens is 1. The van der Waals surface area contributed by atoms with Crippen LogP contribution < -0.4 is 5.56 Å². The average molecular weight is 415 g/mol. The Morgan fingerprint density at radius 3 is 2.60 bits per heavy atom. The standard InChI is InChI=1S/C22H20F3N3O2/c1-13-4-6-14(7-5-13)21(30)28-10-2-3-15(12-28)17-11-18-16(20(29)27-17)8-9-19(26-18)22(23,24)25/h4-9,11,15H,2-3,10,12H2,1H3,(H,27,29)/t15-/m0/s1. The molecule has 1 N–H and O–H groups in total. The summed E-state index contributed by atoms with van der Waals surface area (Å²) in [5.41, 5.74) is 0.635. The van der Waals surface area contributed by atoms with E-state index in [4.69, 9.17) is 0 Å². The summed E-state index contributed by atoms with van der Waals surface area (Å²) in [6.45, 7) is 2.92. The number of piperidine rings is 1. The third-order valence-corrected chi connectivity index (χ3v) is 5.46. The summed E-state index contributed by atoms with van der Waals surface area (Å²) in [4.78, 5) is 33.4. The predicted octanol–water partition coefficient (Wildman–Crippen LogP) is 4.27. The molecule has 1 aliphatic heterocycles. The van der Waals surface area contributed by atoms with Gasteiger partial charge in [-0.1, -0.05) is 17.7 Å². The summed E-state index contributed by atoms with van der Waals surface area (Å²) in [5, 5.41) is 0.107. The molecule has 3 heterocycles. The number of halogens is 3. The van der Waals surface area contributed by atoms with E-state index in [1.54, 1.807) is 17.0 Å². The maximum Gasteiger partial charge on any atom is 0.433 e. The first-order chi connectivity index (χ1) is 14.2. The van der Waals surface area contributed by atoms with Crippen molar-refractivity contribution in [3.63, 3.8) is 0 Å². The highest BCUT2D eigenvalue weighted by Gasteiger charge is 2.33. The second-order valence-electron chi connectivity index (χ2n) is 7.64. The first-order valence-electron chi connectivity index (χ1n) is 9.69. The zero-order valence-corrected chi connectivity index (χ0v) is 16.3. The van der Waals surface area contributed by atoms with Crippen molar-refractivity contribution in [3.05, 3.63) is 75.3 Å². The van der Waals surface area contributed by atoms with Crippen molar-refractivity contribution in [1.29, 1.82) is 0 Å². The minimum Gasteiger partial charge on any atom is -0.338 e. The topological polar surface area (TPSA) is 66.1 Å². The fourth-order valence-electron chi connectivity index (χ4n) is 3.83. The van der Waals surface area contributed by atoms with Gasteiger partial charge in [-0.25, -0.2) is 4.98 Å². The number of benzene rings is 1. The second kappa shape index (κ2) is 7.59. The summed E-state index contributed by atoms with van der Waals surface area (Å²) in [5.74, 6) is -0.276. The van der Waals surface area contributed by atoms with Gasteiger partial charge in [0.25, 0.3) is 11.5 Å². The number of aromatic amines is 1. The van der Waals surface area contributed by atoms with E-state index < -0.39 is 17.4 Å². The fraction of sp³-hybridized carbons (Fsp3) is 0.318. The van der Waals surface area contributed by atoms with Crippen molar-refractivity contribution >= 4 is 16.8 Å². The zero-order chi connectivity index (χ0) is 21.5. The number of amides is 1. The number of likely N-dealkylation sites (tertiary alicyclic amines) is 1. The molecule has 0 unspecified atom stereocenters. The zero-order valence-electron chi connectivity index (χ0n) is 16.3. The van der Waals surface area contributed by atoms with E-state index in [0.29, 0.717) is 24.3 Å². The molecule has 1 fully saturated rings. The molecular formula is C22H20F3N3O2. The molecular weight excluding hydrogens is 395 g/mol. The average Bonchev–Trinajstić information content (AvgIpc) is 2.73. The second-order valence-corrected chi connectivity index (χ2v) is 7.64. The summed E-state index contributed by atoms with van der Waals surface area (Å²) in [6, 6.07) is 10.8. The Bertz CT molecular complexity index is 1150. The molecule has 30 heavy (non-hydrogen) atoms. The minimum atomic E-state index is -4.58. The number of pyridine rings is 2. The minimum absolute atomic E-state index is 0.00515. The molecule has 0 saturated carbocycles. The Morgan fingerprint density at radius 2 is 1.90 bits per heavy atom. The van der Waals surface area contributed by atoms with Gasteiger partial charge in [0.2, 0.25) is 0 Å². The summed E-state index contributed by atoms with van der Waals surface area (Å²) < 4.78 is 39.0. The predicted molar refractivity (Wildman–Crippen MR) is 106 cm³/mol. The van der Waals surface area contributed by atoms with Crippen LogP contribution in [-0.4, -0.2) is 33.9 Å².